The van der Waals surface area contributed by atoms with Gasteiger partial charge in [-0.25, -0.2) is 9.59 Å². The molecule has 22 heavy (non-hydrogen) atoms. The maximum absolute atomic E-state index is 11.8. The first-order valence-corrected chi connectivity index (χ1v) is 11.5. The molecular formula is C12H12O4S6. The third-order valence-electron chi connectivity index (χ3n) is 2.41. The average Bonchev–Trinajstić information content (AvgIpc) is 3.16. The van der Waals surface area contributed by atoms with Crippen molar-refractivity contribution in [2.45, 2.75) is 0 Å². The van der Waals surface area contributed by atoms with Gasteiger partial charge in [0.1, 0.15) is 9.81 Å². The van der Waals surface area contributed by atoms with Gasteiger partial charge in [0.15, 0.2) is 0 Å². The van der Waals surface area contributed by atoms with E-state index in [1.165, 1.54) is 61.3 Å². The van der Waals surface area contributed by atoms with Gasteiger partial charge in [0.05, 0.1) is 31.2 Å². The Morgan fingerprint density at radius 2 is 1.14 bits per heavy atom. The highest BCUT2D eigenvalue weighted by Gasteiger charge is 2.34. The number of hydrogen-bond acceptors (Lipinski definition) is 10. The van der Waals surface area contributed by atoms with E-state index in [-0.39, 0.29) is 11.9 Å². The lowest BCUT2D eigenvalue weighted by molar-refractivity contribution is -0.136. The van der Waals surface area contributed by atoms with Crippen LogP contribution >= 0.6 is 70.6 Å². The van der Waals surface area contributed by atoms with E-state index < -0.39 is 0 Å². The quantitative estimate of drug-likeness (QED) is 0.618. The van der Waals surface area contributed by atoms with Gasteiger partial charge in [0, 0.05) is 0 Å². The maximum atomic E-state index is 11.8. The molecule has 120 valence electrons. The molecule has 0 saturated carbocycles. The van der Waals surface area contributed by atoms with Gasteiger partial charge in [-0.15, -0.1) is 23.5 Å². The van der Waals surface area contributed by atoms with E-state index in [0.717, 1.165) is 16.9 Å². The van der Waals surface area contributed by atoms with Crippen LogP contribution in [0, 0.1) is 0 Å². The Hall–Kier alpha value is 0.260. The first-order valence-electron chi connectivity index (χ1n) is 5.74. The molecule has 0 atom stereocenters. The van der Waals surface area contributed by atoms with Gasteiger partial charge >= 0.3 is 11.9 Å². The summed E-state index contributed by atoms with van der Waals surface area (Å²) >= 11 is 8.95. The first-order chi connectivity index (χ1) is 10.5. The van der Waals surface area contributed by atoms with Crippen molar-refractivity contribution in [2.24, 2.45) is 0 Å². The zero-order chi connectivity index (χ0) is 16.3. The molecule has 2 rings (SSSR count). The molecule has 2 heterocycles. The number of rotatable bonds is 4. The molecule has 2 aliphatic rings. The molecule has 2 aliphatic heterocycles. The van der Waals surface area contributed by atoms with Crippen LogP contribution < -0.4 is 0 Å². The van der Waals surface area contributed by atoms with Gasteiger partial charge in [-0.2, -0.15) is 0 Å². The number of methoxy groups -OCH3 is 2. The zero-order valence-corrected chi connectivity index (χ0v) is 17.0. The number of esters is 2. The van der Waals surface area contributed by atoms with Gasteiger partial charge in [-0.05, 0) is 12.5 Å². The van der Waals surface area contributed by atoms with Crippen molar-refractivity contribution in [3.8, 4) is 0 Å². The lowest BCUT2D eigenvalue weighted by Crippen LogP contribution is -2.01. The third-order valence-corrected chi connectivity index (χ3v) is 10.6. The van der Waals surface area contributed by atoms with Crippen molar-refractivity contribution in [1.82, 2.24) is 0 Å². The number of ether oxygens (including phenoxy) is 2. The van der Waals surface area contributed by atoms with Crippen LogP contribution in [0.5, 0.6) is 0 Å². The predicted molar refractivity (Wildman–Crippen MR) is 103 cm³/mol. The van der Waals surface area contributed by atoms with Crippen LogP contribution in [-0.4, -0.2) is 38.7 Å². The van der Waals surface area contributed by atoms with E-state index in [9.17, 15) is 9.59 Å². The van der Waals surface area contributed by atoms with Crippen LogP contribution in [0.4, 0.5) is 0 Å². The van der Waals surface area contributed by atoms with Crippen LogP contribution in [0.15, 0.2) is 26.8 Å². The van der Waals surface area contributed by atoms with Crippen molar-refractivity contribution < 1.29 is 19.1 Å². The standard InChI is InChI=1S/C12H12O4S6/c1-15-7(13)5-9(17-3)21-11(19-5)12-20-6(8(14)16-2)10(18-4)22-12/h1-4H3/b12-11-. The van der Waals surface area contributed by atoms with Crippen LogP contribution in [0.1, 0.15) is 0 Å². The predicted octanol–water partition coefficient (Wildman–Crippen LogP) is 4.48. The fourth-order valence-corrected chi connectivity index (χ4v) is 8.94. The monoisotopic (exact) mass is 412 g/mol. The number of carbonyl (C=O) groups is 2. The summed E-state index contributed by atoms with van der Waals surface area (Å²) in [6, 6.07) is 0. The Balaban J connectivity index is 2.23. The van der Waals surface area contributed by atoms with E-state index in [4.69, 9.17) is 9.47 Å². The minimum atomic E-state index is -0.323. The summed E-state index contributed by atoms with van der Waals surface area (Å²) in [7, 11) is 2.76. The van der Waals surface area contributed by atoms with Gasteiger partial charge in [0.2, 0.25) is 0 Å². The van der Waals surface area contributed by atoms with Crippen LogP contribution in [-0.2, 0) is 19.1 Å². The number of hydrogen-bond donors (Lipinski definition) is 0. The normalized spacial score (nSPS) is 21.6. The summed E-state index contributed by atoms with van der Waals surface area (Å²) < 4.78 is 13.5. The van der Waals surface area contributed by atoms with Gasteiger partial charge in [-0.3, -0.25) is 0 Å². The molecule has 0 radical (unpaired) electrons. The molecule has 0 N–H and O–H groups in total. The van der Waals surface area contributed by atoms with Gasteiger partial charge < -0.3 is 9.47 Å². The summed E-state index contributed by atoms with van der Waals surface area (Å²) in [6.45, 7) is 0. The van der Waals surface area contributed by atoms with Crippen LogP contribution in [0.3, 0.4) is 0 Å². The van der Waals surface area contributed by atoms with Gasteiger partial charge in [0.25, 0.3) is 0 Å². The molecule has 0 spiro atoms. The fourth-order valence-electron chi connectivity index (χ4n) is 1.44. The molecule has 4 nitrogen and oxygen atoms in total. The van der Waals surface area contributed by atoms with E-state index in [1.54, 1.807) is 23.5 Å². The van der Waals surface area contributed by atoms with Crippen molar-refractivity contribution in [3.05, 3.63) is 26.8 Å². The highest BCUT2D eigenvalue weighted by Crippen LogP contribution is 2.62. The Kier molecular flexibility index (Phi) is 7.09. The lowest BCUT2D eigenvalue weighted by Gasteiger charge is -2.02. The number of thioether (sulfide) groups is 6. The Bertz CT molecular complexity index is 555. The van der Waals surface area contributed by atoms with E-state index >= 15 is 0 Å². The van der Waals surface area contributed by atoms with Crippen molar-refractivity contribution in [2.75, 3.05) is 26.7 Å². The molecule has 0 saturated heterocycles. The largest absolute Gasteiger partial charge is 0.465 e. The molecule has 0 bridgehead atoms. The highest BCUT2D eigenvalue weighted by atomic mass is 32.2. The highest BCUT2D eigenvalue weighted by molar-refractivity contribution is 8.40. The smallest absolute Gasteiger partial charge is 0.346 e. The fraction of sp³-hybridized carbons (Fsp3) is 0.333. The molecule has 0 aliphatic carbocycles. The summed E-state index contributed by atoms with van der Waals surface area (Å²) in [5, 5.41) is 0. The third kappa shape index (κ3) is 3.84. The van der Waals surface area contributed by atoms with Crippen LogP contribution in [0.2, 0.25) is 0 Å². The minimum absolute atomic E-state index is 0.323. The molecule has 0 aromatic heterocycles. The summed E-state index contributed by atoms with van der Waals surface area (Å²) in [5.41, 5.74) is 0. The second kappa shape index (κ2) is 8.39. The molecule has 0 unspecified atom stereocenters. The van der Waals surface area contributed by atoms with Gasteiger partial charge in [-0.1, -0.05) is 47.0 Å². The summed E-state index contributed by atoms with van der Waals surface area (Å²) in [6.07, 6.45) is 3.86. The molecule has 0 fully saturated rings. The molecule has 0 aromatic rings. The van der Waals surface area contributed by atoms with E-state index in [2.05, 4.69) is 0 Å². The minimum Gasteiger partial charge on any atom is -0.465 e. The zero-order valence-electron chi connectivity index (χ0n) is 12.1. The second-order valence-electron chi connectivity index (χ2n) is 3.61. The van der Waals surface area contributed by atoms with Crippen molar-refractivity contribution in [1.29, 1.82) is 0 Å². The SMILES string of the molecule is COC(=O)C1=C(SC)S/C(=C2\SC(SC)=C(C(=O)OC)S2)S1. The Labute approximate surface area is 154 Å². The molecular weight excluding hydrogens is 401 g/mol. The van der Waals surface area contributed by atoms with E-state index in [0.29, 0.717) is 9.81 Å². The lowest BCUT2D eigenvalue weighted by atomic mass is 10.6. The van der Waals surface area contributed by atoms with Crippen LogP contribution in [0.25, 0.3) is 0 Å². The summed E-state index contributed by atoms with van der Waals surface area (Å²) in [5.74, 6) is -0.645. The molecule has 10 heteroatoms. The average molecular weight is 413 g/mol. The Morgan fingerprint density at radius 3 is 1.41 bits per heavy atom. The van der Waals surface area contributed by atoms with Crippen molar-refractivity contribution >= 4 is 82.5 Å². The maximum Gasteiger partial charge on any atom is 0.346 e. The topological polar surface area (TPSA) is 52.6 Å². The first kappa shape index (κ1) is 18.6. The molecule has 0 aromatic carbocycles. The summed E-state index contributed by atoms with van der Waals surface area (Å²) in [4.78, 5) is 24.9. The van der Waals surface area contributed by atoms with Crippen molar-refractivity contribution in [3.63, 3.8) is 0 Å². The number of carbonyl (C=O) groups excluding carboxylic acids is 2. The second-order valence-corrected chi connectivity index (χ2v) is 10.4. The Morgan fingerprint density at radius 1 is 0.773 bits per heavy atom. The van der Waals surface area contributed by atoms with E-state index in [1.807, 2.05) is 12.5 Å². The molecule has 0 amide bonds.